The van der Waals surface area contributed by atoms with Crippen molar-refractivity contribution in [2.45, 2.75) is 83.8 Å². The van der Waals surface area contributed by atoms with Gasteiger partial charge in [0.2, 0.25) is 5.91 Å². The zero-order valence-electron chi connectivity index (χ0n) is 18.6. The van der Waals surface area contributed by atoms with Gasteiger partial charge in [0.1, 0.15) is 6.04 Å². The van der Waals surface area contributed by atoms with Crippen molar-refractivity contribution in [3.63, 3.8) is 0 Å². The summed E-state index contributed by atoms with van der Waals surface area (Å²) in [5, 5.41) is 12.6. The van der Waals surface area contributed by atoms with Gasteiger partial charge < -0.3 is 16.2 Å². The highest BCUT2D eigenvalue weighted by atomic mass is 16.4. The summed E-state index contributed by atoms with van der Waals surface area (Å²) in [4.78, 5) is 27.5. The summed E-state index contributed by atoms with van der Waals surface area (Å²) in [6, 6.07) is 6.47. The highest BCUT2D eigenvalue weighted by Crippen LogP contribution is 2.42. The van der Waals surface area contributed by atoms with Crippen LogP contribution in [0.3, 0.4) is 0 Å². The summed E-state index contributed by atoms with van der Waals surface area (Å²) < 4.78 is 0. The fraction of sp³-hybridized carbons (Fsp3) is 0.667. The number of rotatable bonds is 7. The molecule has 6 heteroatoms. The molecule has 166 valence electrons. The van der Waals surface area contributed by atoms with Crippen molar-refractivity contribution in [2.24, 2.45) is 11.3 Å². The summed E-state index contributed by atoms with van der Waals surface area (Å²) in [7, 11) is 0. The number of likely N-dealkylation sites (tertiary alicyclic amines) is 1. The Hall–Kier alpha value is -2.08. The number of nitrogens with one attached hydrogen (secondary N) is 1. The lowest BCUT2D eigenvalue weighted by Crippen LogP contribution is -2.69. The molecule has 1 aromatic rings. The van der Waals surface area contributed by atoms with Crippen LogP contribution in [0.1, 0.15) is 64.9 Å². The molecular weight excluding hydrogens is 378 g/mol. The van der Waals surface area contributed by atoms with Gasteiger partial charge in [0.05, 0.1) is 6.04 Å². The molecule has 3 unspecified atom stereocenters. The summed E-state index contributed by atoms with van der Waals surface area (Å²) in [6.45, 7) is 7.55. The second-order valence-corrected chi connectivity index (χ2v) is 10.2. The number of hydrogen-bond acceptors (Lipinski definition) is 4. The molecule has 1 saturated carbocycles. The number of fused-ring (bicyclic) bond motifs is 1. The first-order valence-corrected chi connectivity index (χ1v) is 11.3. The Kier molecular flexibility index (Phi) is 7.06. The molecule has 0 radical (unpaired) electrons. The zero-order valence-corrected chi connectivity index (χ0v) is 18.6. The van der Waals surface area contributed by atoms with E-state index in [2.05, 4.69) is 31.0 Å². The Morgan fingerprint density at radius 2 is 1.83 bits per heavy atom. The summed E-state index contributed by atoms with van der Waals surface area (Å²) in [5.74, 6) is -0.786. The second-order valence-electron chi connectivity index (χ2n) is 10.2. The topological polar surface area (TPSA) is 95.7 Å². The number of benzene rings is 1. The van der Waals surface area contributed by atoms with Gasteiger partial charge in [-0.15, -0.1) is 0 Å². The standard InChI is InChI=1S/C24H37N3O3/c1-24(2,3)13-14-27-20-8-6-4-5-7-18(20)21(27)22(28)26-19(23(29)30)15-16-9-11-17(25)12-10-16/h9-12,18-21H,4-8,13-15,25H2,1-3H3,(H,26,28)(H,29,30)/t18?,19-,20?,21?/m0/s1. The maximum atomic E-state index is 13.3. The minimum atomic E-state index is -1.00. The number of hydrogen-bond donors (Lipinski definition) is 3. The van der Waals surface area contributed by atoms with E-state index in [1.165, 1.54) is 12.8 Å². The Balaban J connectivity index is 1.70. The van der Waals surface area contributed by atoms with Crippen molar-refractivity contribution in [1.82, 2.24) is 10.2 Å². The molecule has 1 aliphatic carbocycles. The number of carboxylic acids is 1. The number of anilines is 1. The fourth-order valence-electron chi connectivity index (χ4n) is 4.91. The Morgan fingerprint density at radius 1 is 1.17 bits per heavy atom. The smallest absolute Gasteiger partial charge is 0.326 e. The van der Waals surface area contributed by atoms with Gasteiger partial charge in [0.25, 0.3) is 0 Å². The van der Waals surface area contributed by atoms with Gasteiger partial charge in [-0.1, -0.05) is 52.2 Å². The molecule has 2 fully saturated rings. The van der Waals surface area contributed by atoms with Crippen LogP contribution in [0.2, 0.25) is 0 Å². The first kappa shape index (κ1) is 22.6. The van der Waals surface area contributed by atoms with E-state index < -0.39 is 12.0 Å². The van der Waals surface area contributed by atoms with Crippen LogP contribution in [0.15, 0.2) is 24.3 Å². The monoisotopic (exact) mass is 415 g/mol. The van der Waals surface area contributed by atoms with Crippen molar-refractivity contribution >= 4 is 17.6 Å². The van der Waals surface area contributed by atoms with Gasteiger partial charge in [-0.3, -0.25) is 9.69 Å². The number of amides is 1. The SMILES string of the molecule is CC(C)(C)CCN1C2CCCCCC2C1C(=O)N[C@@H](Cc1ccc(N)cc1)C(=O)O. The lowest BCUT2D eigenvalue weighted by atomic mass is 9.75. The number of carbonyl (C=O) groups is 2. The molecule has 1 amide bonds. The van der Waals surface area contributed by atoms with E-state index in [0.29, 0.717) is 17.6 Å². The minimum Gasteiger partial charge on any atom is -0.480 e. The van der Waals surface area contributed by atoms with Gasteiger partial charge in [-0.2, -0.15) is 0 Å². The van der Waals surface area contributed by atoms with Crippen LogP contribution < -0.4 is 11.1 Å². The third-order valence-electron chi connectivity index (χ3n) is 6.64. The number of nitrogens with zero attached hydrogens (tertiary/aromatic N) is 1. The van der Waals surface area contributed by atoms with E-state index in [-0.39, 0.29) is 23.8 Å². The molecule has 0 aromatic heterocycles. The largest absolute Gasteiger partial charge is 0.480 e. The van der Waals surface area contributed by atoms with Crippen LogP contribution in [0.25, 0.3) is 0 Å². The van der Waals surface area contributed by atoms with Gasteiger partial charge in [0, 0.05) is 18.2 Å². The highest BCUT2D eigenvalue weighted by Gasteiger charge is 2.51. The number of nitrogen functional groups attached to an aromatic ring is 1. The molecular formula is C24H37N3O3. The molecule has 3 rings (SSSR count). The van der Waals surface area contributed by atoms with Crippen LogP contribution >= 0.6 is 0 Å². The van der Waals surface area contributed by atoms with E-state index in [0.717, 1.165) is 37.8 Å². The first-order chi connectivity index (χ1) is 14.2. The highest BCUT2D eigenvalue weighted by molar-refractivity contribution is 5.88. The lowest BCUT2D eigenvalue weighted by molar-refractivity contribution is -0.150. The molecule has 30 heavy (non-hydrogen) atoms. The van der Waals surface area contributed by atoms with Gasteiger partial charge in [-0.05, 0) is 54.8 Å². The van der Waals surface area contributed by atoms with Crippen LogP contribution in [-0.4, -0.2) is 46.6 Å². The molecule has 1 heterocycles. The maximum absolute atomic E-state index is 13.3. The number of carbonyl (C=O) groups excluding carboxylic acids is 1. The van der Waals surface area contributed by atoms with Crippen molar-refractivity contribution in [3.05, 3.63) is 29.8 Å². The van der Waals surface area contributed by atoms with Crippen LogP contribution in [-0.2, 0) is 16.0 Å². The van der Waals surface area contributed by atoms with Gasteiger partial charge in [0.15, 0.2) is 0 Å². The van der Waals surface area contributed by atoms with Crippen molar-refractivity contribution < 1.29 is 14.7 Å². The molecule has 0 bridgehead atoms. The molecule has 6 nitrogen and oxygen atoms in total. The van der Waals surface area contributed by atoms with Crippen molar-refractivity contribution in [1.29, 1.82) is 0 Å². The van der Waals surface area contributed by atoms with Gasteiger partial charge in [-0.25, -0.2) is 4.79 Å². The number of aliphatic carboxylic acids is 1. The molecule has 1 saturated heterocycles. The number of nitrogens with two attached hydrogens (primary N) is 1. The summed E-state index contributed by atoms with van der Waals surface area (Å²) >= 11 is 0. The average molecular weight is 416 g/mol. The molecule has 1 aromatic carbocycles. The predicted molar refractivity (Wildman–Crippen MR) is 119 cm³/mol. The maximum Gasteiger partial charge on any atom is 0.326 e. The van der Waals surface area contributed by atoms with E-state index in [1.807, 2.05) is 12.1 Å². The van der Waals surface area contributed by atoms with E-state index >= 15 is 0 Å². The third kappa shape index (κ3) is 5.54. The molecule has 1 aliphatic heterocycles. The molecule has 2 aliphatic rings. The van der Waals surface area contributed by atoms with E-state index in [9.17, 15) is 14.7 Å². The predicted octanol–water partition coefficient (Wildman–Crippen LogP) is 3.45. The number of carboxylic acid groups (broad SMARTS) is 1. The molecule has 0 spiro atoms. The van der Waals surface area contributed by atoms with E-state index in [4.69, 9.17) is 5.73 Å². The van der Waals surface area contributed by atoms with Crippen LogP contribution in [0.4, 0.5) is 5.69 Å². The average Bonchev–Trinajstić information content (AvgIpc) is 2.85. The second kappa shape index (κ2) is 9.38. The Labute approximate surface area is 180 Å². The minimum absolute atomic E-state index is 0.130. The summed E-state index contributed by atoms with van der Waals surface area (Å²) in [5.41, 5.74) is 7.41. The zero-order chi connectivity index (χ0) is 21.9. The summed E-state index contributed by atoms with van der Waals surface area (Å²) in [6.07, 6.45) is 7.08. The van der Waals surface area contributed by atoms with Crippen LogP contribution in [0, 0.1) is 11.3 Å². The quantitative estimate of drug-likeness (QED) is 0.593. The Bertz CT molecular complexity index is 741. The van der Waals surface area contributed by atoms with Crippen LogP contribution in [0.5, 0.6) is 0 Å². The van der Waals surface area contributed by atoms with E-state index in [1.54, 1.807) is 12.1 Å². The fourth-order valence-corrected chi connectivity index (χ4v) is 4.91. The normalized spacial score (nSPS) is 25.5. The third-order valence-corrected chi connectivity index (χ3v) is 6.64. The molecule has 4 N–H and O–H groups in total. The van der Waals surface area contributed by atoms with Gasteiger partial charge >= 0.3 is 5.97 Å². The lowest BCUT2D eigenvalue weighted by Gasteiger charge is -2.55. The first-order valence-electron chi connectivity index (χ1n) is 11.3. The Morgan fingerprint density at radius 3 is 2.47 bits per heavy atom. The van der Waals surface area contributed by atoms with Crippen molar-refractivity contribution in [3.8, 4) is 0 Å². The molecule has 4 atom stereocenters. The van der Waals surface area contributed by atoms with Crippen molar-refractivity contribution in [2.75, 3.05) is 12.3 Å².